The lowest BCUT2D eigenvalue weighted by Gasteiger charge is -2.36. The number of aliphatic hydroxyl groups is 1. The van der Waals surface area contributed by atoms with Crippen LogP contribution in [0.15, 0.2) is 36.5 Å². The lowest BCUT2D eigenvalue weighted by atomic mass is 9.86. The molecule has 0 aliphatic carbocycles. The first kappa shape index (κ1) is 16.1. The fraction of sp³-hybridized carbons (Fsp3) is 0.474. The summed E-state index contributed by atoms with van der Waals surface area (Å²) in [5.74, 6) is 1.15. The van der Waals surface area contributed by atoms with E-state index in [1.54, 1.807) is 6.20 Å². The minimum Gasteiger partial charge on any atom is -0.391 e. The van der Waals surface area contributed by atoms with Crippen molar-refractivity contribution in [2.45, 2.75) is 39.3 Å². The third-order valence-electron chi connectivity index (χ3n) is 4.77. The molecule has 4 nitrogen and oxygen atoms in total. The molecule has 1 fully saturated rings. The van der Waals surface area contributed by atoms with Gasteiger partial charge < -0.3 is 5.11 Å². The first-order chi connectivity index (χ1) is 11.1. The molecule has 23 heavy (non-hydrogen) atoms. The van der Waals surface area contributed by atoms with Crippen molar-refractivity contribution in [2.75, 3.05) is 13.1 Å². The van der Waals surface area contributed by atoms with Crippen LogP contribution >= 0.6 is 0 Å². The molecular weight excluding hydrogens is 286 g/mol. The predicted molar refractivity (Wildman–Crippen MR) is 91.0 cm³/mol. The zero-order valence-electron chi connectivity index (χ0n) is 13.9. The van der Waals surface area contributed by atoms with E-state index in [0.29, 0.717) is 5.92 Å². The van der Waals surface area contributed by atoms with Gasteiger partial charge in [0.05, 0.1) is 11.8 Å². The molecule has 0 unspecified atom stereocenters. The fourth-order valence-electron chi connectivity index (χ4n) is 3.37. The van der Waals surface area contributed by atoms with Gasteiger partial charge >= 0.3 is 0 Å². The summed E-state index contributed by atoms with van der Waals surface area (Å²) < 4.78 is 0. The molecule has 2 atom stereocenters. The van der Waals surface area contributed by atoms with Gasteiger partial charge in [-0.3, -0.25) is 4.90 Å². The molecule has 4 heteroatoms. The number of nitrogens with zero attached hydrogens (tertiary/aromatic N) is 3. The number of rotatable bonds is 4. The topological polar surface area (TPSA) is 49.2 Å². The maximum Gasteiger partial charge on any atom is 0.125 e. The molecule has 1 saturated heterocycles. The molecular formula is C19H25N3O. The van der Waals surface area contributed by atoms with E-state index in [-0.39, 0.29) is 6.10 Å². The fourth-order valence-corrected chi connectivity index (χ4v) is 3.37. The zero-order chi connectivity index (χ0) is 16.2. The Balaban J connectivity index is 1.58. The highest BCUT2D eigenvalue weighted by Gasteiger charge is 2.28. The number of aryl methyl sites for hydroxylation is 2. The molecule has 3 rings (SSSR count). The lowest BCUT2D eigenvalue weighted by molar-refractivity contribution is 0.0182. The maximum absolute atomic E-state index is 10.5. The Morgan fingerprint density at radius 1 is 1.22 bits per heavy atom. The van der Waals surface area contributed by atoms with Crippen LogP contribution in [0.2, 0.25) is 0 Å². The van der Waals surface area contributed by atoms with E-state index >= 15 is 0 Å². The predicted octanol–water partition coefficient (Wildman–Crippen LogP) is 2.52. The number of aromatic nitrogens is 2. The van der Waals surface area contributed by atoms with Gasteiger partial charge in [0.25, 0.3) is 0 Å². The summed E-state index contributed by atoms with van der Waals surface area (Å²) in [6.07, 6.45) is 3.53. The summed E-state index contributed by atoms with van der Waals surface area (Å²) in [7, 11) is 0. The molecule has 1 aromatic heterocycles. The van der Waals surface area contributed by atoms with Gasteiger partial charge in [0.1, 0.15) is 5.82 Å². The molecule has 2 aromatic rings. The first-order valence-corrected chi connectivity index (χ1v) is 8.35. The first-order valence-electron chi connectivity index (χ1n) is 8.35. The minimum atomic E-state index is -0.272. The van der Waals surface area contributed by atoms with Crippen molar-refractivity contribution >= 4 is 0 Å². The maximum atomic E-state index is 10.5. The molecule has 1 aliphatic rings. The Bertz CT molecular complexity index is 659. The van der Waals surface area contributed by atoms with Crippen molar-refractivity contribution in [3.63, 3.8) is 0 Å². The van der Waals surface area contributed by atoms with Crippen LogP contribution in [0.1, 0.15) is 29.1 Å². The van der Waals surface area contributed by atoms with E-state index in [9.17, 15) is 5.11 Å². The SMILES string of the molecule is Cc1nccc(CN2CC[C@H](Cc3ccccc3C)[C@H](O)C2)n1. The third kappa shape index (κ3) is 4.15. The normalized spacial score (nSPS) is 22.2. The molecule has 0 bridgehead atoms. The van der Waals surface area contributed by atoms with Gasteiger partial charge in [0.2, 0.25) is 0 Å². The molecule has 0 radical (unpaired) electrons. The molecule has 0 amide bonds. The molecule has 1 aromatic carbocycles. The zero-order valence-corrected chi connectivity index (χ0v) is 13.9. The van der Waals surface area contributed by atoms with E-state index < -0.39 is 0 Å². The molecule has 1 aliphatic heterocycles. The molecule has 122 valence electrons. The monoisotopic (exact) mass is 311 g/mol. The quantitative estimate of drug-likeness (QED) is 0.942. The number of piperidine rings is 1. The average molecular weight is 311 g/mol. The van der Waals surface area contributed by atoms with Crippen LogP contribution in [-0.4, -0.2) is 39.2 Å². The molecule has 1 N–H and O–H groups in total. The summed E-state index contributed by atoms with van der Waals surface area (Å²) in [5.41, 5.74) is 3.71. The van der Waals surface area contributed by atoms with Crippen molar-refractivity contribution in [3.8, 4) is 0 Å². The Morgan fingerprint density at radius 2 is 2.04 bits per heavy atom. The second-order valence-electron chi connectivity index (χ2n) is 6.58. The van der Waals surface area contributed by atoms with E-state index in [0.717, 1.165) is 44.0 Å². The van der Waals surface area contributed by atoms with E-state index in [1.165, 1.54) is 11.1 Å². The summed E-state index contributed by atoms with van der Waals surface area (Å²) in [6.45, 7) is 6.58. The summed E-state index contributed by atoms with van der Waals surface area (Å²) in [6, 6.07) is 10.4. The van der Waals surface area contributed by atoms with Crippen LogP contribution < -0.4 is 0 Å². The van der Waals surface area contributed by atoms with Crippen molar-refractivity contribution in [2.24, 2.45) is 5.92 Å². The van der Waals surface area contributed by atoms with Gasteiger partial charge in [0.15, 0.2) is 0 Å². The van der Waals surface area contributed by atoms with Crippen molar-refractivity contribution in [1.29, 1.82) is 0 Å². The number of aliphatic hydroxyl groups excluding tert-OH is 1. The second-order valence-corrected chi connectivity index (χ2v) is 6.58. The van der Waals surface area contributed by atoms with E-state index in [2.05, 4.69) is 46.1 Å². The van der Waals surface area contributed by atoms with Crippen molar-refractivity contribution in [1.82, 2.24) is 14.9 Å². The molecule has 0 saturated carbocycles. The van der Waals surface area contributed by atoms with Gasteiger partial charge in [-0.05, 0) is 56.3 Å². The largest absolute Gasteiger partial charge is 0.391 e. The second kappa shape index (κ2) is 7.20. The Labute approximate surface area is 138 Å². The summed E-state index contributed by atoms with van der Waals surface area (Å²) in [5, 5.41) is 10.5. The number of hydrogen-bond acceptors (Lipinski definition) is 4. The minimum absolute atomic E-state index is 0.272. The van der Waals surface area contributed by atoms with Gasteiger partial charge in [-0.25, -0.2) is 9.97 Å². The average Bonchev–Trinajstić information content (AvgIpc) is 2.52. The Hall–Kier alpha value is -1.78. The number of benzene rings is 1. The Morgan fingerprint density at radius 3 is 2.78 bits per heavy atom. The van der Waals surface area contributed by atoms with Crippen LogP contribution in [-0.2, 0) is 13.0 Å². The summed E-state index contributed by atoms with van der Waals surface area (Å²) >= 11 is 0. The smallest absolute Gasteiger partial charge is 0.125 e. The highest BCUT2D eigenvalue weighted by Crippen LogP contribution is 2.24. The van der Waals surface area contributed by atoms with Crippen molar-refractivity contribution < 1.29 is 5.11 Å². The van der Waals surface area contributed by atoms with Crippen LogP contribution in [0.4, 0.5) is 0 Å². The highest BCUT2D eigenvalue weighted by atomic mass is 16.3. The van der Waals surface area contributed by atoms with Crippen molar-refractivity contribution in [3.05, 3.63) is 59.2 Å². The molecule has 2 heterocycles. The standard InChI is InChI=1S/C19H25N3O/c1-14-5-3-4-6-16(14)11-17-8-10-22(13-19(17)23)12-18-7-9-20-15(2)21-18/h3-7,9,17,19,23H,8,10-13H2,1-2H3/t17-,19-/m1/s1. The number of likely N-dealkylation sites (tertiary alicyclic amines) is 1. The van der Waals surface area contributed by atoms with Gasteiger partial charge in [-0.15, -0.1) is 0 Å². The third-order valence-corrected chi connectivity index (χ3v) is 4.77. The van der Waals surface area contributed by atoms with E-state index in [4.69, 9.17) is 0 Å². The van der Waals surface area contributed by atoms with Crippen LogP contribution in [0, 0.1) is 19.8 Å². The highest BCUT2D eigenvalue weighted by molar-refractivity contribution is 5.26. The number of hydrogen-bond donors (Lipinski definition) is 1. The van der Waals surface area contributed by atoms with Crippen LogP contribution in [0.5, 0.6) is 0 Å². The Kier molecular flexibility index (Phi) is 5.03. The van der Waals surface area contributed by atoms with Gasteiger partial charge in [0, 0.05) is 19.3 Å². The van der Waals surface area contributed by atoms with Gasteiger partial charge in [-0.2, -0.15) is 0 Å². The number of β-amino-alcohol motifs (C(OH)–C–C–N with tert-alkyl or cyclic N) is 1. The lowest BCUT2D eigenvalue weighted by Crippen LogP contribution is -2.44. The van der Waals surface area contributed by atoms with E-state index in [1.807, 2.05) is 13.0 Å². The summed E-state index contributed by atoms with van der Waals surface area (Å²) in [4.78, 5) is 10.9. The molecule has 0 spiro atoms. The van der Waals surface area contributed by atoms with Crippen LogP contribution in [0.25, 0.3) is 0 Å². The van der Waals surface area contributed by atoms with Gasteiger partial charge in [-0.1, -0.05) is 24.3 Å². The van der Waals surface area contributed by atoms with Crippen LogP contribution in [0.3, 0.4) is 0 Å².